The van der Waals surface area contributed by atoms with E-state index in [1.807, 2.05) is 0 Å². The number of aliphatic hydroxyl groups excluding tert-OH is 1. The summed E-state index contributed by atoms with van der Waals surface area (Å²) in [6.07, 6.45) is 22.1. The highest BCUT2D eigenvalue weighted by Gasteiger charge is 2.06. The van der Waals surface area contributed by atoms with E-state index in [0.717, 1.165) is 12.8 Å². The van der Waals surface area contributed by atoms with Crippen molar-refractivity contribution in [2.45, 2.75) is 116 Å². The summed E-state index contributed by atoms with van der Waals surface area (Å²) in [5.41, 5.74) is 0. The molecular formula is C22H42O3. The Kier molecular flexibility index (Phi) is 18.8. The van der Waals surface area contributed by atoms with E-state index < -0.39 is 6.10 Å². The number of hydrogen-bond donors (Lipinski definition) is 1. The smallest absolute Gasteiger partial charge is 0.308 e. The van der Waals surface area contributed by atoms with E-state index in [1.54, 1.807) is 6.92 Å². The summed E-state index contributed by atoms with van der Waals surface area (Å²) < 4.78 is 5.06. The molecule has 0 saturated carbocycles. The zero-order chi connectivity index (χ0) is 18.6. The van der Waals surface area contributed by atoms with Crippen LogP contribution in [0.2, 0.25) is 0 Å². The molecule has 0 aliphatic carbocycles. The molecule has 0 aromatic heterocycles. The van der Waals surface area contributed by atoms with Gasteiger partial charge in [0.15, 0.2) is 0 Å². The van der Waals surface area contributed by atoms with Crippen LogP contribution in [0.3, 0.4) is 0 Å². The first-order chi connectivity index (χ1) is 12.2. The molecule has 0 heterocycles. The summed E-state index contributed by atoms with van der Waals surface area (Å²) in [4.78, 5) is 11.2. The molecule has 148 valence electrons. The molecule has 0 bridgehead atoms. The molecule has 1 unspecified atom stereocenters. The highest BCUT2D eigenvalue weighted by atomic mass is 16.5. The number of carbonyl (C=O) groups excluding carboxylic acids is 1. The average Bonchev–Trinajstić information content (AvgIpc) is 2.57. The minimum Gasteiger partial charge on any atom is -0.466 e. The van der Waals surface area contributed by atoms with Crippen molar-refractivity contribution in [3.05, 3.63) is 12.2 Å². The maximum absolute atomic E-state index is 11.2. The summed E-state index contributed by atoms with van der Waals surface area (Å²) in [5, 5.41) is 9.06. The van der Waals surface area contributed by atoms with Gasteiger partial charge in [0.25, 0.3) is 0 Å². The first-order valence-electron chi connectivity index (χ1n) is 10.7. The predicted octanol–water partition coefficient (Wildman–Crippen LogP) is 6.34. The van der Waals surface area contributed by atoms with Crippen LogP contribution in [0.25, 0.3) is 0 Å². The van der Waals surface area contributed by atoms with Crippen molar-refractivity contribution < 1.29 is 14.6 Å². The largest absolute Gasteiger partial charge is 0.466 e. The number of hydrogen-bond acceptors (Lipinski definition) is 3. The van der Waals surface area contributed by atoms with Crippen LogP contribution < -0.4 is 0 Å². The van der Waals surface area contributed by atoms with Gasteiger partial charge in [0.2, 0.25) is 0 Å². The van der Waals surface area contributed by atoms with Crippen molar-refractivity contribution in [2.24, 2.45) is 0 Å². The standard InChI is InChI=1S/C22H42O3/c1-3-4-5-6-7-8-9-10-11-12-13-14-15-16-17-18-19-25-22(24)20-21(2)23/h10-11,21,23H,3-9,12-20H2,1-2H3/b11-10-. The van der Waals surface area contributed by atoms with Crippen LogP contribution in [0.1, 0.15) is 110 Å². The fraction of sp³-hybridized carbons (Fsp3) is 0.864. The van der Waals surface area contributed by atoms with E-state index >= 15 is 0 Å². The highest BCUT2D eigenvalue weighted by Crippen LogP contribution is 2.10. The molecule has 1 atom stereocenters. The molecule has 25 heavy (non-hydrogen) atoms. The molecule has 0 fully saturated rings. The van der Waals surface area contributed by atoms with E-state index in [0.29, 0.717) is 6.61 Å². The lowest BCUT2D eigenvalue weighted by Gasteiger charge is -2.06. The van der Waals surface area contributed by atoms with Crippen molar-refractivity contribution in [1.29, 1.82) is 0 Å². The second-order valence-electron chi connectivity index (χ2n) is 7.21. The van der Waals surface area contributed by atoms with Gasteiger partial charge in [-0.2, -0.15) is 0 Å². The summed E-state index contributed by atoms with van der Waals surface area (Å²) in [7, 11) is 0. The number of rotatable bonds is 18. The van der Waals surface area contributed by atoms with Gasteiger partial charge in [-0.25, -0.2) is 0 Å². The average molecular weight is 355 g/mol. The van der Waals surface area contributed by atoms with Gasteiger partial charge in [-0.05, 0) is 39.0 Å². The van der Waals surface area contributed by atoms with Gasteiger partial charge < -0.3 is 9.84 Å². The van der Waals surface area contributed by atoms with Gasteiger partial charge in [-0.3, -0.25) is 4.79 Å². The van der Waals surface area contributed by atoms with Gasteiger partial charge in [0.05, 0.1) is 19.1 Å². The fourth-order valence-corrected chi connectivity index (χ4v) is 2.84. The zero-order valence-corrected chi connectivity index (χ0v) is 16.8. The number of esters is 1. The monoisotopic (exact) mass is 354 g/mol. The first kappa shape index (κ1) is 24.2. The molecule has 0 saturated heterocycles. The van der Waals surface area contributed by atoms with Crippen molar-refractivity contribution in [1.82, 2.24) is 0 Å². The second kappa shape index (κ2) is 19.5. The molecule has 3 nitrogen and oxygen atoms in total. The van der Waals surface area contributed by atoms with Crippen LogP contribution in [-0.2, 0) is 9.53 Å². The zero-order valence-electron chi connectivity index (χ0n) is 16.8. The quantitative estimate of drug-likeness (QED) is 0.177. The third kappa shape index (κ3) is 21.1. The van der Waals surface area contributed by atoms with Gasteiger partial charge >= 0.3 is 5.97 Å². The second-order valence-corrected chi connectivity index (χ2v) is 7.21. The van der Waals surface area contributed by atoms with E-state index in [1.165, 1.54) is 77.0 Å². The van der Waals surface area contributed by atoms with E-state index in [-0.39, 0.29) is 12.4 Å². The van der Waals surface area contributed by atoms with Crippen molar-refractivity contribution in [2.75, 3.05) is 6.61 Å². The van der Waals surface area contributed by atoms with Crippen molar-refractivity contribution in [3.8, 4) is 0 Å². The Balaban J connectivity index is 3.16. The number of unbranched alkanes of at least 4 members (excludes halogenated alkanes) is 12. The Bertz CT molecular complexity index is 310. The van der Waals surface area contributed by atoms with Crippen LogP contribution in [-0.4, -0.2) is 23.8 Å². The minimum atomic E-state index is -0.604. The molecule has 0 aliphatic heterocycles. The molecule has 0 rings (SSSR count). The van der Waals surface area contributed by atoms with Crippen LogP contribution in [0.4, 0.5) is 0 Å². The van der Waals surface area contributed by atoms with Crippen LogP contribution in [0.15, 0.2) is 12.2 Å². The summed E-state index contributed by atoms with van der Waals surface area (Å²) in [6, 6.07) is 0. The minimum absolute atomic E-state index is 0.104. The third-order valence-corrected chi connectivity index (χ3v) is 4.38. The molecule has 3 heteroatoms. The van der Waals surface area contributed by atoms with E-state index in [9.17, 15) is 4.79 Å². The lowest BCUT2D eigenvalue weighted by atomic mass is 10.1. The molecule has 0 aliphatic rings. The maximum atomic E-state index is 11.2. The topological polar surface area (TPSA) is 46.5 Å². The number of carbonyl (C=O) groups is 1. The molecular weight excluding hydrogens is 312 g/mol. The molecule has 0 spiro atoms. The summed E-state index contributed by atoms with van der Waals surface area (Å²) in [6.45, 7) is 4.36. The lowest BCUT2D eigenvalue weighted by molar-refractivity contribution is -0.145. The third-order valence-electron chi connectivity index (χ3n) is 4.38. The fourth-order valence-electron chi connectivity index (χ4n) is 2.84. The number of ether oxygens (including phenoxy) is 1. The summed E-state index contributed by atoms with van der Waals surface area (Å²) in [5.74, 6) is -0.289. The summed E-state index contributed by atoms with van der Waals surface area (Å²) >= 11 is 0. The normalized spacial score (nSPS) is 12.6. The Labute approximate surface area is 156 Å². The molecule has 1 N–H and O–H groups in total. The van der Waals surface area contributed by atoms with E-state index in [4.69, 9.17) is 9.84 Å². The number of aliphatic hydroxyl groups is 1. The Morgan fingerprint density at radius 1 is 0.840 bits per heavy atom. The van der Waals surface area contributed by atoms with E-state index in [2.05, 4.69) is 19.1 Å². The van der Waals surface area contributed by atoms with Gasteiger partial charge in [-0.15, -0.1) is 0 Å². The highest BCUT2D eigenvalue weighted by molar-refractivity contribution is 5.69. The first-order valence-corrected chi connectivity index (χ1v) is 10.7. The van der Waals surface area contributed by atoms with Crippen LogP contribution in [0.5, 0.6) is 0 Å². The van der Waals surface area contributed by atoms with Gasteiger partial charge in [0, 0.05) is 0 Å². The van der Waals surface area contributed by atoms with Crippen LogP contribution in [0, 0.1) is 0 Å². The van der Waals surface area contributed by atoms with Crippen molar-refractivity contribution >= 4 is 5.97 Å². The Hall–Kier alpha value is -0.830. The molecule has 0 aromatic carbocycles. The maximum Gasteiger partial charge on any atom is 0.308 e. The number of allylic oxidation sites excluding steroid dienone is 2. The SMILES string of the molecule is CCCCCCCC/C=C\CCCCCCCCOC(=O)CC(C)O. The molecule has 0 radical (unpaired) electrons. The molecule has 0 amide bonds. The predicted molar refractivity (Wildman–Crippen MR) is 107 cm³/mol. The lowest BCUT2D eigenvalue weighted by Crippen LogP contribution is -2.13. The van der Waals surface area contributed by atoms with Crippen LogP contribution >= 0.6 is 0 Å². The van der Waals surface area contributed by atoms with Crippen molar-refractivity contribution in [3.63, 3.8) is 0 Å². The molecule has 0 aromatic rings. The van der Waals surface area contributed by atoms with Gasteiger partial charge in [-0.1, -0.05) is 76.9 Å². The van der Waals surface area contributed by atoms with Gasteiger partial charge in [0.1, 0.15) is 0 Å². The Morgan fingerprint density at radius 2 is 1.32 bits per heavy atom. The Morgan fingerprint density at radius 3 is 1.84 bits per heavy atom.